The van der Waals surface area contributed by atoms with E-state index in [-0.39, 0.29) is 6.61 Å². The van der Waals surface area contributed by atoms with Crippen molar-refractivity contribution < 1.29 is 5.11 Å². The van der Waals surface area contributed by atoms with Gasteiger partial charge in [-0.15, -0.1) is 0 Å². The molecule has 0 atom stereocenters. The van der Waals surface area contributed by atoms with Gasteiger partial charge in [-0.3, -0.25) is 0 Å². The summed E-state index contributed by atoms with van der Waals surface area (Å²) in [5, 5.41) is 17.8. The lowest BCUT2D eigenvalue weighted by Crippen LogP contribution is -1.82. The molecule has 2 nitrogen and oxygen atoms in total. The van der Waals surface area contributed by atoms with E-state index in [1.807, 2.05) is 6.07 Å². The third kappa shape index (κ3) is 2.59. The molecule has 1 rings (SSSR count). The van der Waals surface area contributed by atoms with Crippen LogP contribution in [0, 0.1) is 11.3 Å². The molecule has 0 aliphatic rings. The number of rotatable bonds is 2. The minimum atomic E-state index is -0.0342. The fourth-order valence-corrected chi connectivity index (χ4v) is 1.12. The quantitative estimate of drug-likeness (QED) is 0.783. The number of nitriles is 1. The molecular formula is C10H8ClNO. The number of aliphatic hydroxyl groups excluding tert-OH is 1. The van der Waals surface area contributed by atoms with Crippen molar-refractivity contribution in [3.63, 3.8) is 0 Å². The second kappa shape index (κ2) is 4.66. The first-order chi connectivity index (χ1) is 6.27. The standard InChI is InChI=1S/C10H8ClNO/c11-10-4-3-8(2-1-5-13)9(6-10)7-12/h1-4,6,13H,5H2. The molecule has 1 aromatic carbocycles. The molecule has 3 heteroatoms. The van der Waals surface area contributed by atoms with E-state index in [9.17, 15) is 0 Å². The van der Waals surface area contributed by atoms with Crippen molar-refractivity contribution >= 4 is 17.7 Å². The van der Waals surface area contributed by atoms with Crippen molar-refractivity contribution in [2.75, 3.05) is 6.61 Å². The second-order valence-corrected chi connectivity index (χ2v) is 2.86. The Bertz CT molecular complexity index is 366. The van der Waals surface area contributed by atoms with Crippen LogP contribution in [0.2, 0.25) is 5.02 Å². The van der Waals surface area contributed by atoms with Crippen molar-refractivity contribution in [3.05, 3.63) is 40.4 Å². The van der Waals surface area contributed by atoms with Gasteiger partial charge in [0.05, 0.1) is 18.2 Å². The minimum Gasteiger partial charge on any atom is -0.392 e. The smallest absolute Gasteiger partial charge is 0.0998 e. The van der Waals surface area contributed by atoms with E-state index < -0.39 is 0 Å². The Morgan fingerprint density at radius 2 is 2.31 bits per heavy atom. The normalized spacial score (nSPS) is 10.2. The topological polar surface area (TPSA) is 44.0 Å². The highest BCUT2D eigenvalue weighted by molar-refractivity contribution is 6.30. The highest BCUT2D eigenvalue weighted by atomic mass is 35.5. The third-order valence-electron chi connectivity index (χ3n) is 1.54. The van der Waals surface area contributed by atoms with Gasteiger partial charge in [0.25, 0.3) is 0 Å². The van der Waals surface area contributed by atoms with E-state index >= 15 is 0 Å². The zero-order valence-electron chi connectivity index (χ0n) is 6.87. The summed E-state index contributed by atoms with van der Waals surface area (Å²) in [5.41, 5.74) is 1.28. The Kier molecular flexibility index (Phi) is 3.51. The molecule has 1 N–H and O–H groups in total. The molecule has 0 bridgehead atoms. The fraction of sp³-hybridized carbons (Fsp3) is 0.100. The van der Waals surface area contributed by atoms with Gasteiger partial charge in [0.2, 0.25) is 0 Å². The minimum absolute atomic E-state index is 0.0342. The van der Waals surface area contributed by atoms with Crippen LogP contribution < -0.4 is 0 Å². The monoisotopic (exact) mass is 193 g/mol. The molecule has 0 aliphatic carbocycles. The first-order valence-corrected chi connectivity index (χ1v) is 4.13. The number of halogens is 1. The zero-order chi connectivity index (χ0) is 9.68. The Balaban J connectivity index is 3.08. The van der Waals surface area contributed by atoms with Gasteiger partial charge in [-0.1, -0.05) is 29.8 Å². The summed E-state index contributed by atoms with van der Waals surface area (Å²) in [6.45, 7) is -0.0342. The summed E-state index contributed by atoms with van der Waals surface area (Å²) in [6, 6.07) is 7.07. The predicted molar refractivity (Wildman–Crippen MR) is 52.3 cm³/mol. The maximum atomic E-state index is 8.74. The summed E-state index contributed by atoms with van der Waals surface area (Å²) in [5.74, 6) is 0. The molecule has 1 aromatic rings. The summed E-state index contributed by atoms with van der Waals surface area (Å²) in [7, 11) is 0. The van der Waals surface area contributed by atoms with Crippen LogP contribution in [0.25, 0.3) is 6.08 Å². The maximum absolute atomic E-state index is 8.74. The molecular weight excluding hydrogens is 186 g/mol. The highest BCUT2D eigenvalue weighted by Gasteiger charge is 1.98. The van der Waals surface area contributed by atoms with Crippen molar-refractivity contribution in [2.45, 2.75) is 0 Å². The summed E-state index contributed by atoms with van der Waals surface area (Å²) in [6.07, 6.45) is 3.26. The number of aliphatic hydroxyl groups is 1. The first-order valence-electron chi connectivity index (χ1n) is 3.75. The molecule has 0 saturated carbocycles. The molecule has 0 saturated heterocycles. The van der Waals surface area contributed by atoms with Gasteiger partial charge in [-0.05, 0) is 17.7 Å². The van der Waals surface area contributed by atoms with E-state index in [0.29, 0.717) is 10.6 Å². The lowest BCUT2D eigenvalue weighted by molar-refractivity contribution is 0.343. The molecule has 0 unspecified atom stereocenters. The Morgan fingerprint density at radius 1 is 1.54 bits per heavy atom. The lowest BCUT2D eigenvalue weighted by Gasteiger charge is -1.97. The van der Waals surface area contributed by atoms with Gasteiger partial charge in [-0.2, -0.15) is 5.26 Å². The van der Waals surface area contributed by atoms with Crippen LogP contribution in [0.1, 0.15) is 11.1 Å². The van der Waals surface area contributed by atoms with Gasteiger partial charge < -0.3 is 5.11 Å². The van der Waals surface area contributed by atoms with Crippen LogP contribution in [-0.4, -0.2) is 11.7 Å². The van der Waals surface area contributed by atoms with E-state index in [0.717, 1.165) is 5.56 Å². The molecule has 0 fully saturated rings. The van der Waals surface area contributed by atoms with Crippen molar-refractivity contribution in [1.82, 2.24) is 0 Å². The Labute approximate surface area is 81.7 Å². The largest absolute Gasteiger partial charge is 0.392 e. The van der Waals surface area contributed by atoms with Crippen LogP contribution in [0.15, 0.2) is 24.3 Å². The molecule has 66 valence electrons. The van der Waals surface area contributed by atoms with Crippen LogP contribution in [0.4, 0.5) is 0 Å². The average Bonchev–Trinajstić information content (AvgIpc) is 2.16. The van der Waals surface area contributed by atoms with Crippen LogP contribution in [0.5, 0.6) is 0 Å². The fourth-order valence-electron chi connectivity index (χ4n) is 0.950. The van der Waals surface area contributed by atoms with Gasteiger partial charge in [-0.25, -0.2) is 0 Å². The van der Waals surface area contributed by atoms with E-state index in [2.05, 4.69) is 0 Å². The predicted octanol–water partition coefficient (Wildman–Crippen LogP) is 2.22. The van der Waals surface area contributed by atoms with Crippen LogP contribution in [-0.2, 0) is 0 Å². The number of benzene rings is 1. The van der Waals surface area contributed by atoms with Crippen molar-refractivity contribution in [2.24, 2.45) is 0 Å². The van der Waals surface area contributed by atoms with E-state index in [4.69, 9.17) is 22.0 Å². The molecule has 0 heterocycles. The first kappa shape index (κ1) is 9.79. The summed E-state index contributed by atoms with van der Waals surface area (Å²) >= 11 is 5.71. The van der Waals surface area contributed by atoms with Crippen LogP contribution in [0.3, 0.4) is 0 Å². The summed E-state index contributed by atoms with van der Waals surface area (Å²) in [4.78, 5) is 0. The Morgan fingerprint density at radius 3 is 2.92 bits per heavy atom. The van der Waals surface area contributed by atoms with Gasteiger partial charge in [0.1, 0.15) is 0 Å². The number of hydrogen-bond donors (Lipinski definition) is 1. The average molecular weight is 194 g/mol. The SMILES string of the molecule is N#Cc1cc(Cl)ccc1C=CCO. The zero-order valence-corrected chi connectivity index (χ0v) is 7.62. The van der Waals surface area contributed by atoms with Gasteiger partial charge in [0.15, 0.2) is 0 Å². The lowest BCUT2D eigenvalue weighted by atomic mass is 10.1. The third-order valence-corrected chi connectivity index (χ3v) is 1.77. The Hall–Kier alpha value is -1.30. The van der Waals surface area contributed by atoms with Crippen molar-refractivity contribution in [1.29, 1.82) is 5.26 Å². The molecule has 13 heavy (non-hydrogen) atoms. The van der Waals surface area contributed by atoms with Crippen LogP contribution >= 0.6 is 11.6 Å². The maximum Gasteiger partial charge on any atom is 0.0998 e. The molecule has 0 spiro atoms. The van der Waals surface area contributed by atoms with E-state index in [1.54, 1.807) is 30.4 Å². The van der Waals surface area contributed by atoms with Crippen molar-refractivity contribution in [3.8, 4) is 6.07 Å². The van der Waals surface area contributed by atoms with Gasteiger partial charge in [0, 0.05) is 5.02 Å². The second-order valence-electron chi connectivity index (χ2n) is 2.43. The van der Waals surface area contributed by atoms with E-state index in [1.165, 1.54) is 0 Å². The number of nitrogens with zero attached hydrogens (tertiary/aromatic N) is 1. The molecule has 0 aliphatic heterocycles. The summed E-state index contributed by atoms with van der Waals surface area (Å²) < 4.78 is 0. The highest BCUT2D eigenvalue weighted by Crippen LogP contribution is 2.16. The molecule has 0 amide bonds. The molecule has 0 radical (unpaired) electrons. The number of hydrogen-bond acceptors (Lipinski definition) is 2. The molecule has 0 aromatic heterocycles. The van der Waals surface area contributed by atoms with Gasteiger partial charge >= 0.3 is 0 Å².